The molecule has 5 nitrogen and oxygen atoms in total. The van der Waals surface area contributed by atoms with Crippen LogP contribution in [-0.4, -0.2) is 23.8 Å². The fraction of sp³-hybridized carbons (Fsp3) is 0.357. The molecule has 0 saturated carbocycles. The highest BCUT2D eigenvalue weighted by atomic mass is 35.5. The minimum absolute atomic E-state index is 0.629. The number of imidazole rings is 1. The third kappa shape index (κ3) is 3.23. The topological polar surface area (TPSA) is 48.3 Å². The lowest BCUT2D eigenvalue weighted by atomic mass is 10.2. The van der Waals surface area contributed by atoms with E-state index in [1.54, 1.807) is 20.4 Å². The molecule has 2 aromatic rings. The molecule has 0 aliphatic carbocycles. The van der Waals surface area contributed by atoms with Crippen molar-refractivity contribution in [1.29, 1.82) is 0 Å². The molecule has 0 aliphatic heterocycles. The second-order valence-electron chi connectivity index (χ2n) is 4.34. The van der Waals surface area contributed by atoms with Crippen LogP contribution in [0.4, 0.5) is 0 Å². The van der Waals surface area contributed by atoms with Gasteiger partial charge in [0.2, 0.25) is 0 Å². The second-order valence-corrected chi connectivity index (χ2v) is 4.72. The minimum Gasteiger partial charge on any atom is -0.497 e. The normalized spacial score (nSPS) is 10.6. The van der Waals surface area contributed by atoms with Crippen molar-refractivity contribution in [1.82, 2.24) is 14.9 Å². The van der Waals surface area contributed by atoms with Crippen LogP contribution >= 0.6 is 11.6 Å². The van der Waals surface area contributed by atoms with Crippen molar-refractivity contribution < 1.29 is 9.47 Å². The number of halogens is 1. The van der Waals surface area contributed by atoms with Crippen LogP contribution in [0.1, 0.15) is 11.4 Å². The van der Waals surface area contributed by atoms with E-state index in [0.29, 0.717) is 18.2 Å². The summed E-state index contributed by atoms with van der Waals surface area (Å²) in [5, 5.41) is 3.95. The number of methoxy groups -OCH3 is 2. The van der Waals surface area contributed by atoms with E-state index in [2.05, 4.69) is 10.3 Å². The van der Waals surface area contributed by atoms with Crippen LogP contribution in [-0.2, 0) is 20.1 Å². The summed E-state index contributed by atoms with van der Waals surface area (Å²) in [4.78, 5) is 4.23. The van der Waals surface area contributed by atoms with E-state index < -0.39 is 0 Å². The summed E-state index contributed by atoms with van der Waals surface area (Å²) in [6.45, 7) is 1.32. The van der Waals surface area contributed by atoms with Crippen molar-refractivity contribution in [2.24, 2.45) is 7.05 Å². The Morgan fingerprint density at radius 3 is 2.65 bits per heavy atom. The van der Waals surface area contributed by atoms with Gasteiger partial charge in [0.15, 0.2) is 0 Å². The van der Waals surface area contributed by atoms with Gasteiger partial charge in [-0.05, 0) is 6.07 Å². The Morgan fingerprint density at radius 2 is 2.05 bits per heavy atom. The SMILES string of the molecule is COc1ccc(CNCc2ncc(Cl)n2C)c(OC)c1. The smallest absolute Gasteiger partial charge is 0.128 e. The van der Waals surface area contributed by atoms with Crippen molar-refractivity contribution in [3.63, 3.8) is 0 Å². The van der Waals surface area contributed by atoms with Gasteiger partial charge in [-0.3, -0.25) is 0 Å². The molecule has 0 spiro atoms. The molecule has 0 saturated heterocycles. The number of benzene rings is 1. The number of aromatic nitrogens is 2. The third-order valence-electron chi connectivity index (χ3n) is 3.12. The Kier molecular flexibility index (Phi) is 4.87. The molecule has 1 aromatic carbocycles. The van der Waals surface area contributed by atoms with Crippen LogP contribution in [0.5, 0.6) is 11.5 Å². The molecular weight excluding hydrogens is 278 g/mol. The molecule has 0 fully saturated rings. The van der Waals surface area contributed by atoms with Crippen molar-refractivity contribution in [2.45, 2.75) is 13.1 Å². The summed E-state index contributed by atoms with van der Waals surface area (Å²) >= 11 is 5.95. The first kappa shape index (κ1) is 14.7. The quantitative estimate of drug-likeness (QED) is 0.889. The zero-order valence-electron chi connectivity index (χ0n) is 11.8. The molecule has 1 heterocycles. The highest BCUT2D eigenvalue weighted by Crippen LogP contribution is 2.24. The molecule has 0 amide bonds. The zero-order chi connectivity index (χ0) is 14.5. The number of ether oxygens (including phenoxy) is 2. The van der Waals surface area contributed by atoms with Gasteiger partial charge < -0.3 is 19.4 Å². The maximum absolute atomic E-state index is 5.95. The Hall–Kier alpha value is -1.72. The summed E-state index contributed by atoms with van der Waals surface area (Å²) in [5.41, 5.74) is 1.06. The first-order valence-electron chi connectivity index (χ1n) is 6.23. The van der Waals surface area contributed by atoms with Gasteiger partial charge in [-0.25, -0.2) is 4.98 Å². The summed E-state index contributed by atoms with van der Waals surface area (Å²) in [6, 6.07) is 5.77. The van der Waals surface area contributed by atoms with E-state index in [4.69, 9.17) is 21.1 Å². The van der Waals surface area contributed by atoms with Gasteiger partial charge in [-0.2, -0.15) is 0 Å². The van der Waals surface area contributed by atoms with E-state index in [0.717, 1.165) is 22.9 Å². The molecule has 1 aromatic heterocycles. The maximum Gasteiger partial charge on any atom is 0.128 e. The predicted octanol–water partition coefficient (Wildman–Crippen LogP) is 2.38. The predicted molar refractivity (Wildman–Crippen MR) is 78.3 cm³/mol. The van der Waals surface area contributed by atoms with Gasteiger partial charge in [0.25, 0.3) is 0 Å². The Bertz CT molecular complexity index is 584. The van der Waals surface area contributed by atoms with Crippen LogP contribution in [0, 0.1) is 0 Å². The van der Waals surface area contributed by atoms with Gasteiger partial charge in [-0.1, -0.05) is 17.7 Å². The number of nitrogens with zero attached hydrogens (tertiary/aromatic N) is 2. The number of hydrogen-bond acceptors (Lipinski definition) is 4. The molecule has 0 atom stereocenters. The van der Waals surface area contributed by atoms with E-state index in [1.165, 1.54) is 0 Å². The van der Waals surface area contributed by atoms with Gasteiger partial charge in [0.1, 0.15) is 22.5 Å². The lowest BCUT2D eigenvalue weighted by Crippen LogP contribution is -2.16. The molecule has 0 unspecified atom stereocenters. The summed E-state index contributed by atoms with van der Waals surface area (Å²) < 4.78 is 12.4. The standard InChI is InChI=1S/C14H18ClN3O2/c1-18-13(15)8-17-14(18)9-16-7-10-4-5-11(19-2)6-12(10)20-3/h4-6,8,16H,7,9H2,1-3H3. The number of nitrogens with one attached hydrogen (secondary N) is 1. The molecule has 6 heteroatoms. The maximum atomic E-state index is 5.95. The van der Waals surface area contributed by atoms with Crippen molar-refractivity contribution in [2.75, 3.05) is 14.2 Å². The first-order chi connectivity index (χ1) is 9.65. The van der Waals surface area contributed by atoms with Gasteiger partial charge >= 0.3 is 0 Å². The van der Waals surface area contributed by atoms with Gasteiger partial charge in [-0.15, -0.1) is 0 Å². The minimum atomic E-state index is 0.629. The largest absolute Gasteiger partial charge is 0.497 e. The molecule has 0 aliphatic rings. The van der Waals surface area contributed by atoms with Crippen LogP contribution < -0.4 is 14.8 Å². The van der Waals surface area contributed by atoms with Crippen molar-refractivity contribution in [3.8, 4) is 11.5 Å². The molecule has 108 valence electrons. The van der Waals surface area contributed by atoms with Crippen LogP contribution in [0.3, 0.4) is 0 Å². The average Bonchev–Trinajstić information content (AvgIpc) is 2.79. The third-order valence-corrected chi connectivity index (χ3v) is 3.47. The van der Waals surface area contributed by atoms with E-state index in [-0.39, 0.29) is 0 Å². The van der Waals surface area contributed by atoms with Crippen molar-refractivity contribution in [3.05, 3.63) is 40.9 Å². The molecule has 0 bridgehead atoms. The Labute approximate surface area is 123 Å². The molecular formula is C14H18ClN3O2. The fourth-order valence-corrected chi connectivity index (χ4v) is 2.04. The lowest BCUT2D eigenvalue weighted by molar-refractivity contribution is 0.389. The van der Waals surface area contributed by atoms with Crippen LogP contribution in [0.25, 0.3) is 0 Å². The first-order valence-corrected chi connectivity index (χ1v) is 6.61. The van der Waals surface area contributed by atoms with E-state index in [9.17, 15) is 0 Å². The molecule has 2 rings (SSSR count). The average molecular weight is 296 g/mol. The van der Waals surface area contributed by atoms with E-state index >= 15 is 0 Å². The highest BCUT2D eigenvalue weighted by Gasteiger charge is 2.07. The van der Waals surface area contributed by atoms with Crippen LogP contribution in [0.15, 0.2) is 24.4 Å². The van der Waals surface area contributed by atoms with Gasteiger partial charge in [0.05, 0.1) is 27.0 Å². The number of hydrogen-bond donors (Lipinski definition) is 1. The van der Waals surface area contributed by atoms with Gasteiger partial charge in [0, 0.05) is 25.2 Å². The second kappa shape index (κ2) is 6.63. The lowest BCUT2D eigenvalue weighted by Gasteiger charge is -2.11. The molecule has 0 radical (unpaired) electrons. The highest BCUT2D eigenvalue weighted by molar-refractivity contribution is 6.29. The Morgan fingerprint density at radius 1 is 1.25 bits per heavy atom. The summed E-state index contributed by atoms with van der Waals surface area (Å²) in [6.07, 6.45) is 1.65. The van der Waals surface area contributed by atoms with E-state index in [1.807, 2.05) is 29.8 Å². The zero-order valence-corrected chi connectivity index (χ0v) is 12.6. The molecule has 1 N–H and O–H groups in total. The Balaban J connectivity index is 1.99. The monoisotopic (exact) mass is 295 g/mol. The van der Waals surface area contributed by atoms with Crippen LogP contribution in [0.2, 0.25) is 5.15 Å². The fourth-order valence-electron chi connectivity index (χ4n) is 1.90. The summed E-state index contributed by atoms with van der Waals surface area (Å²) in [5.74, 6) is 2.47. The summed E-state index contributed by atoms with van der Waals surface area (Å²) in [7, 11) is 5.18. The molecule has 20 heavy (non-hydrogen) atoms. The number of rotatable bonds is 6. The van der Waals surface area contributed by atoms with Crippen molar-refractivity contribution >= 4 is 11.6 Å².